The van der Waals surface area contributed by atoms with Crippen LogP contribution in [0.5, 0.6) is 0 Å². The smallest absolute Gasteiger partial charge is 0.408 e. The van der Waals surface area contributed by atoms with Crippen molar-refractivity contribution in [3.05, 3.63) is 0 Å². The summed E-state index contributed by atoms with van der Waals surface area (Å²) in [5, 5.41) is 9.42. The molecule has 7 nitrogen and oxygen atoms in total. The molecule has 2 rings (SSSR count). The minimum absolute atomic E-state index is 0.0133. The zero-order chi connectivity index (χ0) is 24.5. The van der Waals surface area contributed by atoms with Crippen LogP contribution in [0.25, 0.3) is 0 Å². The predicted molar refractivity (Wildman–Crippen MR) is 130 cm³/mol. The first-order chi connectivity index (χ1) is 14.7. The predicted octanol–water partition coefficient (Wildman–Crippen LogP) is 5.67. The molecule has 32 heavy (non-hydrogen) atoms. The van der Waals surface area contributed by atoms with Crippen LogP contribution in [0.1, 0.15) is 113 Å². The molecular weight excluding hydrogens is 406 g/mol. The topological polar surface area (TPSA) is 88.7 Å². The van der Waals surface area contributed by atoms with Crippen molar-refractivity contribution >= 4 is 12.2 Å². The number of hydrogen-bond acceptors (Lipinski definition) is 5. The van der Waals surface area contributed by atoms with Gasteiger partial charge in [0.1, 0.15) is 11.2 Å². The van der Waals surface area contributed by atoms with Crippen molar-refractivity contribution in [1.29, 1.82) is 0 Å². The van der Waals surface area contributed by atoms with Gasteiger partial charge in [0.15, 0.2) is 0 Å². The van der Waals surface area contributed by atoms with E-state index >= 15 is 0 Å². The second kappa shape index (κ2) is 12.1. The van der Waals surface area contributed by atoms with Gasteiger partial charge in [-0.05, 0) is 93.2 Å². The SMILES string of the molecule is CCC1(NC(=O)OC(C)(C)C)CCCCC1.CCC1(NC(=O)OC(C)(C)C)CCNCC1. The van der Waals surface area contributed by atoms with Crippen LogP contribution >= 0.6 is 0 Å². The van der Waals surface area contributed by atoms with Gasteiger partial charge in [0.2, 0.25) is 0 Å². The lowest BCUT2D eigenvalue weighted by Gasteiger charge is -2.38. The van der Waals surface area contributed by atoms with Crippen LogP contribution in [0.3, 0.4) is 0 Å². The van der Waals surface area contributed by atoms with Crippen molar-refractivity contribution in [2.24, 2.45) is 0 Å². The van der Waals surface area contributed by atoms with Gasteiger partial charge >= 0.3 is 12.2 Å². The summed E-state index contributed by atoms with van der Waals surface area (Å²) in [5.74, 6) is 0. The first kappa shape index (κ1) is 28.5. The molecule has 0 atom stereocenters. The number of nitrogens with one attached hydrogen (secondary N) is 3. The van der Waals surface area contributed by atoms with E-state index in [0.717, 1.165) is 51.6 Å². The molecule has 1 aliphatic heterocycles. The molecule has 7 heteroatoms. The van der Waals surface area contributed by atoms with Crippen molar-refractivity contribution in [1.82, 2.24) is 16.0 Å². The van der Waals surface area contributed by atoms with E-state index in [2.05, 4.69) is 29.8 Å². The normalized spacial score (nSPS) is 20.2. The Morgan fingerprint density at radius 2 is 1.09 bits per heavy atom. The Morgan fingerprint density at radius 3 is 1.44 bits per heavy atom. The Balaban J connectivity index is 0.000000320. The molecule has 0 aromatic rings. The highest BCUT2D eigenvalue weighted by Crippen LogP contribution is 2.31. The minimum atomic E-state index is -0.425. The van der Waals surface area contributed by atoms with E-state index in [1.54, 1.807) is 0 Å². The van der Waals surface area contributed by atoms with E-state index in [9.17, 15) is 9.59 Å². The summed E-state index contributed by atoms with van der Waals surface area (Å²) in [6.45, 7) is 17.5. The highest BCUT2D eigenvalue weighted by molar-refractivity contribution is 5.69. The number of amides is 2. The van der Waals surface area contributed by atoms with Crippen LogP contribution in [0, 0.1) is 0 Å². The maximum absolute atomic E-state index is 11.8. The summed E-state index contributed by atoms with van der Waals surface area (Å²) in [6, 6.07) is 0. The number of ether oxygens (including phenoxy) is 2. The molecular formula is C25H49N3O4. The first-order valence-corrected chi connectivity index (χ1v) is 12.5. The second-order valence-electron chi connectivity index (χ2n) is 11.3. The first-order valence-electron chi connectivity index (χ1n) is 12.5. The minimum Gasteiger partial charge on any atom is -0.444 e. The fourth-order valence-electron chi connectivity index (χ4n) is 4.31. The molecule has 0 aromatic carbocycles. The molecule has 2 fully saturated rings. The third-order valence-corrected chi connectivity index (χ3v) is 6.26. The summed E-state index contributed by atoms with van der Waals surface area (Å²) in [4.78, 5) is 23.5. The van der Waals surface area contributed by atoms with E-state index in [-0.39, 0.29) is 23.3 Å². The number of rotatable bonds is 4. The average Bonchev–Trinajstić information content (AvgIpc) is 2.67. The van der Waals surface area contributed by atoms with Gasteiger partial charge in [-0.2, -0.15) is 0 Å². The lowest BCUT2D eigenvalue weighted by Crippen LogP contribution is -2.55. The van der Waals surface area contributed by atoms with Gasteiger partial charge in [-0.25, -0.2) is 9.59 Å². The van der Waals surface area contributed by atoms with Gasteiger partial charge in [-0.1, -0.05) is 33.1 Å². The highest BCUT2D eigenvalue weighted by Gasteiger charge is 2.34. The molecule has 2 amide bonds. The summed E-state index contributed by atoms with van der Waals surface area (Å²) in [6.07, 6.45) is 9.22. The van der Waals surface area contributed by atoms with Crippen LogP contribution in [0.15, 0.2) is 0 Å². The quantitative estimate of drug-likeness (QED) is 0.508. The van der Waals surface area contributed by atoms with Crippen LogP contribution < -0.4 is 16.0 Å². The number of carbonyl (C=O) groups is 2. The Bertz CT molecular complexity index is 529. The molecule has 1 saturated heterocycles. The van der Waals surface area contributed by atoms with Crippen molar-refractivity contribution < 1.29 is 19.1 Å². The van der Waals surface area contributed by atoms with Crippen LogP contribution in [-0.2, 0) is 9.47 Å². The van der Waals surface area contributed by atoms with E-state index in [1.165, 1.54) is 19.3 Å². The largest absolute Gasteiger partial charge is 0.444 e. The summed E-state index contributed by atoms with van der Waals surface area (Å²) in [5.41, 5.74) is -0.923. The van der Waals surface area contributed by atoms with E-state index in [4.69, 9.17) is 9.47 Å². The maximum Gasteiger partial charge on any atom is 0.408 e. The molecule has 1 heterocycles. The summed E-state index contributed by atoms with van der Waals surface area (Å²) in [7, 11) is 0. The molecule has 0 aromatic heterocycles. The highest BCUT2D eigenvalue weighted by atomic mass is 16.6. The number of alkyl carbamates (subject to hydrolysis) is 2. The monoisotopic (exact) mass is 455 g/mol. The summed E-state index contributed by atoms with van der Waals surface area (Å²) >= 11 is 0. The van der Waals surface area contributed by atoms with Crippen LogP contribution in [-0.4, -0.2) is 47.6 Å². The molecule has 1 aliphatic carbocycles. The molecule has 0 radical (unpaired) electrons. The lowest BCUT2D eigenvalue weighted by atomic mass is 9.80. The fraction of sp³-hybridized carbons (Fsp3) is 0.920. The molecule has 0 bridgehead atoms. The molecule has 188 valence electrons. The molecule has 1 saturated carbocycles. The maximum atomic E-state index is 11.8. The van der Waals surface area contributed by atoms with E-state index < -0.39 is 11.2 Å². The Kier molecular flexibility index (Phi) is 10.8. The van der Waals surface area contributed by atoms with Gasteiger partial charge in [-0.3, -0.25) is 0 Å². The van der Waals surface area contributed by atoms with Gasteiger partial charge < -0.3 is 25.4 Å². The van der Waals surface area contributed by atoms with Crippen molar-refractivity contribution in [3.8, 4) is 0 Å². The lowest BCUT2D eigenvalue weighted by molar-refractivity contribution is 0.0410. The summed E-state index contributed by atoms with van der Waals surface area (Å²) < 4.78 is 10.6. The van der Waals surface area contributed by atoms with Crippen LogP contribution in [0.4, 0.5) is 9.59 Å². The molecule has 0 unspecified atom stereocenters. The van der Waals surface area contributed by atoms with Gasteiger partial charge in [-0.15, -0.1) is 0 Å². The zero-order valence-electron chi connectivity index (χ0n) is 21.9. The fourth-order valence-corrected chi connectivity index (χ4v) is 4.31. The van der Waals surface area contributed by atoms with Crippen LogP contribution in [0.2, 0.25) is 0 Å². The van der Waals surface area contributed by atoms with Crippen molar-refractivity contribution in [3.63, 3.8) is 0 Å². The van der Waals surface area contributed by atoms with Gasteiger partial charge in [0, 0.05) is 11.1 Å². The Morgan fingerprint density at radius 1 is 0.719 bits per heavy atom. The average molecular weight is 456 g/mol. The van der Waals surface area contributed by atoms with Crippen molar-refractivity contribution in [2.75, 3.05) is 13.1 Å². The van der Waals surface area contributed by atoms with Gasteiger partial charge in [0.25, 0.3) is 0 Å². The second-order valence-corrected chi connectivity index (χ2v) is 11.3. The van der Waals surface area contributed by atoms with E-state index in [1.807, 2.05) is 41.5 Å². The zero-order valence-corrected chi connectivity index (χ0v) is 21.9. The van der Waals surface area contributed by atoms with Crippen molar-refractivity contribution in [2.45, 2.75) is 135 Å². The van der Waals surface area contributed by atoms with E-state index in [0.29, 0.717) is 0 Å². The molecule has 2 aliphatic rings. The molecule has 0 spiro atoms. The Hall–Kier alpha value is -1.50. The number of carbonyl (C=O) groups excluding carboxylic acids is 2. The molecule has 3 N–H and O–H groups in total. The standard InChI is InChI=1S/C13H25NO2.C12H24N2O2/c1-5-13(9-7-6-8-10-13)14-11(15)16-12(2,3)4;1-5-12(6-8-13-9-7-12)14-10(15)16-11(2,3)4/h5-10H2,1-4H3,(H,14,15);13H,5-9H2,1-4H3,(H,14,15). The number of hydrogen-bond donors (Lipinski definition) is 3. The Labute approximate surface area is 196 Å². The third kappa shape index (κ3) is 10.9. The number of piperidine rings is 1. The third-order valence-electron chi connectivity index (χ3n) is 6.26. The van der Waals surface area contributed by atoms with Gasteiger partial charge in [0.05, 0.1) is 0 Å².